The molecule has 1 heterocycles. The molecule has 0 radical (unpaired) electrons. The molecule has 0 saturated carbocycles. The van der Waals surface area contributed by atoms with E-state index in [0.717, 1.165) is 0 Å². The van der Waals surface area contributed by atoms with Crippen LogP contribution < -0.4 is 5.32 Å². The molecule has 108 valence electrons. The Labute approximate surface area is 119 Å². The van der Waals surface area contributed by atoms with Crippen molar-refractivity contribution in [1.29, 1.82) is 0 Å². The van der Waals surface area contributed by atoms with E-state index in [1.54, 1.807) is 31.3 Å². The van der Waals surface area contributed by atoms with Crippen LogP contribution in [-0.4, -0.2) is 23.5 Å². The first-order chi connectivity index (χ1) is 9.34. The first kappa shape index (κ1) is 15.9. The van der Waals surface area contributed by atoms with Crippen LogP contribution in [0, 0.1) is 5.41 Å². The Bertz CT molecular complexity index is 516. The number of carbonyl (C=O) groups is 2. The van der Waals surface area contributed by atoms with Gasteiger partial charge in [-0.2, -0.15) is 0 Å². The molecule has 0 saturated heterocycles. The third-order valence-corrected chi connectivity index (χ3v) is 2.44. The molecule has 1 aromatic rings. The molecule has 0 aliphatic heterocycles. The maximum absolute atomic E-state index is 12.0. The number of ether oxygens (including phenoxy) is 1. The lowest BCUT2D eigenvalue weighted by atomic mass is 9.95. The number of carbonyl (C=O) groups excluding carboxylic acids is 2. The molecule has 5 heteroatoms. The van der Waals surface area contributed by atoms with E-state index in [-0.39, 0.29) is 5.91 Å². The van der Waals surface area contributed by atoms with Crippen molar-refractivity contribution >= 4 is 23.8 Å². The van der Waals surface area contributed by atoms with Crippen LogP contribution >= 0.6 is 0 Å². The summed E-state index contributed by atoms with van der Waals surface area (Å²) >= 11 is 0. The largest absolute Gasteiger partial charge is 0.463 e. The molecular weight excluding hydrogens is 256 g/mol. The van der Waals surface area contributed by atoms with E-state index in [2.05, 4.69) is 10.3 Å². The summed E-state index contributed by atoms with van der Waals surface area (Å²) in [5, 5.41) is 2.75. The molecule has 0 aliphatic carbocycles. The van der Waals surface area contributed by atoms with Crippen LogP contribution in [0.5, 0.6) is 0 Å². The van der Waals surface area contributed by atoms with Crippen molar-refractivity contribution in [2.75, 3.05) is 11.9 Å². The predicted molar refractivity (Wildman–Crippen MR) is 78.0 cm³/mol. The van der Waals surface area contributed by atoms with Crippen LogP contribution in [-0.2, 0) is 14.3 Å². The SMILES string of the molecule is CCOC(=O)/C=C/c1cccnc1NC(=O)C(C)(C)C. The van der Waals surface area contributed by atoms with E-state index in [4.69, 9.17) is 4.74 Å². The fourth-order valence-corrected chi connectivity index (χ4v) is 1.30. The third-order valence-electron chi connectivity index (χ3n) is 2.44. The lowest BCUT2D eigenvalue weighted by Crippen LogP contribution is -2.28. The minimum atomic E-state index is -0.514. The first-order valence-electron chi connectivity index (χ1n) is 6.46. The molecule has 0 bridgehead atoms. The molecule has 0 aromatic carbocycles. The highest BCUT2D eigenvalue weighted by Crippen LogP contribution is 2.19. The van der Waals surface area contributed by atoms with Gasteiger partial charge in [0.25, 0.3) is 0 Å². The van der Waals surface area contributed by atoms with E-state index in [1.165, 1.54) is 6.08 Å². The Morgan fingerprint density at radius 1 is 1.40 bits per heavy atom. The quantitative estimate of drug-likeness (QED) is 0.678. The van der Waals surface area contributed by atoms with Crippen LogP contribution in [0.15, 0.2) is 24.4 Å². The Balaban J connectivity index is 2.89. The molecule has 1 aromatic heterocycles. The van der Waals surface area contributed by atoms with Gasteiger partial charge in [0.15, 0.2) is 0 Å². The molecule has 0 aliphatic rings. The van der Waals surface area contributed by atoms with Gasteiger partial charge in [0.2, 0.25) is 5.91 Å². The van der Waals surface area contributed by atoms with E-state index in [0.29, 0.717) is 18.0 Å². The minimum absolute atomic E-state index is 0.137. The van der Waals surface area contributed by atoms with Crippen molar-refractivity contribution in [1.82, 2.24) is 4.98 Å². The van der Waals surface area contributed by atoms with Crippen molar-refractivity contribution in [2.45, 2.75) is 27.7 Å². The number of amides is 1. The number of anilines is 1. The van der Waals surface area contributed by atoms with Crippen LogP contribution in [0.1, 0.15) is 33.3 Å². The van der Waals surface area contributed by atoms with Crippen LogP contribution in [0.4, 0.5) is 5.82 Å². The number of pyridine rings is 1. The zero-order valence-electron chi connectivity index (χ0n) is 12.3. The zero-order valence-corrected chi connectivity index (χ0v) is 12.3. The number of esters is 1. The molecule has 0 unspecified atom stereocenters. The van der Waals surface area contributed by atoms with Gasteiger partial charge in [-0.05, 0) is 25.1 Å². The predicted octanol–water partition coefficient (Wildman–Crippen LogP) is 2.64. The molecule has 0 fully saturated rings. The van der Waals surface area contributed by atoms with Crippen LogP contribution in [0.2, 0.25) is 0 Å². The standard InChI is InChI=1S/C15H20N2O3/c1-5-20-12(18)9-8-11-7-6-10-16-13(11)17-14(19)15(2,3)4/h6-10H,5H2,1-4H3,(H,16,17,19)/b9-8+. The van der Waals surface area contributed by atoms with Crippen molar-refractivity contribution in [3.63, 3.8) is 0 Å². The Morgan fingerprint density at radius 3 is 2.70 bits per heavy atom. The highest BCUT2D eigenvalue weighted by atomic mass is 16.5. The fourth-order valence-electron chi connectivity index (χ4n) is 1.30. The topological polar surface area (TPSA) is 68.3 Å². The molecular formula is C15H20N2O3. The average Bonchev–Trinajstić information content (AvgIpc) is 2.37. The summed E-state index contributed by atoms with van der Waals surface area (Å²) in [6.45, 7) is 7.52. The van der Waals surface area contributed by atoms with Gasteiger partial charge in [-0.1, -0.05) is 20.8 Å². The van der Waals surface area contributed by atoms with Gasteiger partial charge in [-0.3, -0.25) is 4.79 Å². The Morgan fingerprint density at radius 2 is 2.10 bits per heavy atom. The van der Waals surface area contributed by atoms with Gasteiger partial charge in [0.05, 0.1) is 6.61 Å². The number of hydrogen-bond donors (Lipinski definition) is 1. The number of aromatic nitrogens is 1. The van der Waals surface area contributed by atoms with E-state index < -0.39 is 11.4 Å². The molecule has 0 atom stereocenters. The normalized spacial score (nSPS) is 11.4. The average molecular weight is 276 g/mol. The molecule has 1 N–H and O–H groups in total. The molecule has 0 spiro atoms. The number of rotatable bonds is 4. The number of nitrogens with one attached hydrogen (secondary N) is 1. The molecule has 20 heavy (non-hydrogen) atoms. The minimum Gasteiger partial charge on any atom is -0.463 e. The van der Waals surface area contributed by atoms with Gasteiger partial charge < -0.3 is 10.1 Å². The van der Waals surface area contributed by atoms with Gasteiger partial charge in [-0.15, -0.1) is 0 Å². The summed E-state index contributed by atoms with van der Waals surface area (Å²) in [5.41, 5.74) is 0.137. The monoisotopic (exact) mass is 276 g/mol. The fraction of sp³-hybridized carbons (Fsp3) is 0.400. The van der Waals surface area contributed by atoms with Crippen molar-refractivity contribution in [3.8, 4) is 0 Å². The van der Waals surface area contributed by atoms with Crippen LogP contribution in [0.25, 0.3) is 6.08 Å². The summed E-state index contributed by atoms with van der Waals surface area (Å²) in [6.07, 6.45) is 4.47. The second-order valence-corrected chi connectivity index (χ2v) is 5.23. The van der Waals surface area contributed by atoms with Gasteiger partial charge >= 0.3 is 5.97 Å². The van der Waals surface area contributed by atoms with E-state index in [1.807, 2.05) is 20.8 Å². The lowest BCUT2D eigenvalue weighted by Gasteiger charge is -2.17. The van der Waals surface area contributed by atoms with Crippen molar-refractivity contribution < 1.29 is 14.3 Å². The first-order valence-corrected chi connectivity index (χ1v) is 6.46. The van der Waals surface area contributed by atoms with Gasteiger partial charge in [-0.25, -0.2) is 9.78 Å². The van der Waals surface area contributed by atoms with Gasteiger partial charge in [0, 0.05) is 23.3 Å². The number of hydrogen-bond acceptors (Lipinski definition) is 4. The Hall–Kier alpha value is -2.17. The zero-order chi connectivity index (χ0) is 15.2. The second-order valence-electron chi connectivity index (χ2n) is 5.23. The van der Waals surface area contributed by atoms with E-state index in [9.17, 15) is 9.59 Å². The summed E-state index contributed by atoms with van der Waals surface area (Å²) in [7, 11) is 0. The Kier molecular flexibility index (Phi) is 5.43. The second kappa shape index (κ2) is 6.84. The highest BCUT2D eigenvalue weighted by Gasteiger charge is 2.22. The van der Waals surface area contributed by atoms with Crippen molar-refractivity contribution in [3.05, 3.63) is 30.0 Å². The molecule has 1 amide bonds. The summed E-state index contributed by atoms with van der Waals surface area (Å²) in [5.74, 6) is -0.139. The highest BCUT2D eigenvalue weighted by molar-refractivity contribution is 5.96. The maximum atomic E-state index is 12.0. The summed E-state index contributed by atoms with van der Waals surface area (Å²) in [4.78, 5) is 27.4. The molecule has 5 nitrogen and oxygen atoms in total. The van der Waals surface area contributed by atoms with E-state index >= 15 is 0 Å². The van der Waals surface area contributed by atoms with Crippen LogP contribution in [0.3, 0.4) is 0 Å². The maximum Gasteiger partial charge on any atom is 0.330 e. The van der Waals surface area contributed by atoms with Crippen molar-refractivity contribution in [2.24, 2.45) is 5.41 Å². The summed E-state index contributed by atoms with van der Waals surface area (Å²) < 4.78 is 4.81. The number of nitrogens with zero attached hydrogens (tertiary/aromatic N) is 1. The summed E-state index contributed by atoms with van der Waals surface area (Å²) in [6, 6.07) is 3.50. The smallest absolute Gasteiger partial charge is 0.330 e. The van der Waals surface area contributed by atoms with Gasteiger partial charge in [0.1, 0.15) is 5.82 Å². The lowest BCUT2D eigenvalue weighted by molar-refractivity contribution is -0.137. The molecule has 1 rings (SSSR count). The third kappa shape index (κ3) is 4.84.